The second-order valence-electron chi connectivity index (χ2n) is 3.76. The van der Waals surface area contributed by atoms with Crippen LogP contribution >= 0.6 is 11.8 Å². The van der Waals surface area contributed by atoms with E-state index < -0.39 is 0 Å². The molecule has 0 aromatic heterocycles. The van der Waals surface area contributed by atoms with Crippen molar-refractivity contribution in [3.8, 4) is 11.8 Å². The van der Waals surface area contributed by atoms with E-state index in [9.17, 15) is 0 Å². The van der Waals surface area contributed by atoms with Gasteiger partial charge in [0.1, 0.15) is 0 Å². The third-order valence-electron chi connectivity index (χ3n) is 2.98. The number of rotatable bonds is 3. The Kier molecular flexibility index (Phi) is 4.80. The molecule has 3 N–H and O–H groups in total. The maximum atomic E-state index is 5.89. The maximum absolute atomic E-state index is 5.89. The van der Waals surface area contributed by atoms with Crippen LogP contribution in [-0.4, -0.2) is 29.6 Å². The summed E-state index contributed by atoms with van der Waals surface area (Å²) in [5, 5.41) is 4.11. The van der Waals surface area contributed by atoms with Crippen LogP contribution in [0.4, 0.5) is 0 Å². The van der Waals surface area contributed by atoms with Crippen LogP contribution in [0, 0.1) is 11.8 Å². The molecule has 0 radical (unpaired) electrons. The van der Waals surface area contributed by atoms with Crippen molar-refractivity contribution in [3.63, 3.8) is 0 Å². The molecule has 1 heterocycles. The fourth-order valence-corrected chi connectivity index (χ4v) is 3.17. The maximum Gasteiger partial charge on any atom is 0.0581 e. The van der Waals surface area contributed by atoms with Crippen molar-refractivity contribution >= 4 is 11.8 Å². The average molecular weight is 212 g/mol. The van der Waals surface area contributed by atoms with Crippen molar-refractivity contribution in [1.29, 1.82) is 0 Å². The predicted molar refractivity (Wildman–Crippen MR) is 64.4 cm³/mol. The van der Waals surface area contributed by atoms with E-state index in [2.05, 4.69) is 24.1 Å². The first-order valence-electron chi connectivity index (χ1n) is 5.21. The third-order valence-corrected chi connectivity index (χ3v) is 4.46. The van der Waals surface area contributed by atoms with Gasteiger partial charge in [0.05, 0.1) is 6.54 Å². The van der Waals surface area contributed by atoms with Gasteiger partial charge in [-0.3, -0.25) is 5.32 Å². The fraction of sp³-hybridized carbons (Fsp3) is 0.818. The summed E-state index contributed by atoms with van der Waals surface area (Å²) in [6, 6.07) is 0. The standard InChI is InChI=1S/C11H20N2S/c1-3-4-7-13-11(9-12)6-5-8-14-10(11)2/h10,13H,5-9,12H2,1-2H3. The molecule has 1 aliphatic rings. The molecular formula is C11H20N2S. The molecule has 2 unspecified atom stereocenters. The molecular weight excluding hydrogens is 192 g/mol. The molecule has 1 saturated heterocycles. The van der Waals surface area contributed by atoms with E-state index in [1.807, 2.05) is 18.7 Å². The van der Waals surface area contributed by atoms with Crippen molar-refractivity contribution < 1.29 is 0 Å². The van der Waals surface area contributed by atoms with Gasteiger partial charge in [-0.05, 0) is 25.5 Å². The van der Waals surface area contributed by atoms with Gasteiger partial charge in [0.25, 0.3) is 0 Å². The van der Waals surface area contributed by atoms with Crippen LogP contribution < -0.4 is 11.1 Å². The molecule has 1 aliphatic heterocycles. The number of hydrogen-bond donors (Lipinski definition) is 2. The van der Waals surface area contributed by atoms with Gasteiger partial charge in [-0.25, -0.2) is 0 Å². The zero-order valence-electron chi connectivity index (χ0n) is 9.10. The van der Waals surface area contributed by atoms with Crippen molar-refractivity contribution in [2.75, 3.05) is 18.8 Å². The summed E-state index contributed by atoms with van der Waals surface area (Å²) in [6.07, 6.45) is 2.45. The molecule has 0 saturated carbocycles. The summed E-state index contributed by atoms with van der Waals surface area (Å²) >= 11 is 2.02. The highest BCUT2D eigenvalue weighted by molar-refractivity contribution is 8.00. The van der Waals surface area contributed by atoms with E-state index in [4.69, 9.17) is 5.73 Å². The fourth-order valence-electron chi connectivity index (χ4n) is 1.89. The number of hydrogen-bond acceptors (Lipinski definition) is 3. The van der Waals surface area contributed by atoms with Crippen LogP contribution in [0.3, 0.4) is 0 Å². The lowest BCUT2D eigenvalue weighted by Crippen LogP contribution is -2.59. The molecule has 0 aliphatic carbocycles. The molecule has 1 fully saturated rings. The third kappa shape index (κ3) is 2.66. The number of nitrogens with two attached hydrogens (primary N) is 1. The molecule has 0 amide bonds. The van der Waals surface area contributed by atoms with Gasteiger partial charge in [0.2, 0.25) is 0 Å². The van der Waals surface area contributed by atoms with E-state index in [1.54, 1.807) is 0 Å². The highest BCUT2D eigenvalue weighted by Gasteiger charge is 2.36. The minimum atomic E-state index is 0.118. The molecule has 3 heteroatoms. The summed E-state index contributed by atoms with van der Waals surface area (Å²) < 4.78 is 0. The summed E-state index contributed by atoms with van der Waals surface area (Å²) in [6.45, 7) is 5.62. The molecule has 0 aromatic rings. The molecule has 2 nitrogen and oxygen atoms in total. The molecule has 1 rings (SSSR count). The Morgan fingerprint density at radius 3 is 3.00 bits per heavy atom. The first-order chi connectivity index (χ1) is 6.75. The lowest BCUT2D eigenvalue weighted by Gasteiger charge is -2.42. The van der Waals surface area contributed by atoms with E-state index in [-0.39, 0.29) is 5.54 Å². The first-order valence-corrected chi connectivity index (χ1v) is 6.26. The molecule has 80 valence electrons. The lowest BCUT2D eigenvalue weighted by molar-refractivity contribution is 0.311. The zero-order valence-corrected chi connectivity index (χ0v) is 9.91. The second kappa shape index (κ2) is 5.65. The highest BCUT2D eigenvalue weighted by Crippen LogP contribution is 2.33. The minimum Gasteiger partial charge on any atom is -0.329 e. The van der Waals surface area contributed by atoms with E-state index in [0.29, 0.717) is 11.8 Å². The summed E-state index contributed by atoms with van der Waals surface area (Å²) in [7, 11) is 0. The van der Waals surface area contributed by atoms with Gasteiger partial charge in [0.15, 0.2) is 0 Å². The van der Waals surface area contributed by atoms with Gasteiger partial charge in [-0.15, -0.1) is 5.92 Å². The van der Waals surface area contributed by atoms with E-state index in [1.165, 1.54) is 18.6 Å². The zero-order chi connectivity index (χ0) is 10.4. The van der Waals surface area contributed by atoms with Crippen LogP contribution in [0.25, 0.3) is 0 Å². The van der Waals surface area contributed by atoms with E-state index in [0.717, 1.165) is 6.54 Å². The van der Waals surface area contributed by atoms with Crippen LogP contribution in [-0.2, 0) is 0 Å². The van der Waals surface area contributed by atoms with Crippen LogP contribution in [0.15, 0.2) is 0 Å². The Morgan fingerprint density at radius 1 is 1.64 bits per heavy atom. The average Bonchev–Trinajstić information content (AvgIpc) is 2.21. The van der Waals surface area contributed by atoms with Gasteiger partial charge in [0, 0.05) is 17.3 Å². The highest BCUT2D eigenvalue weighted by atomic mass is 32.2. The normalized spacial score (nSPS) is 32.1. The minimum absolute atomic E-state index is 0.118. The van der Waals surface area contributed by atoms with E-state index >= 15 is 0 Å². The molecule has 0 aromatic carbocycles. The van der Waals surface area contributed by atoms with Crippen molar-refractivity contribution in [1.82, 2.24) is 5.32 Å². The van der Waals surface area contributed by atoms with Crippen LogP contribution in [0.5, 0.6) is 0 Å². The van der Waals surface area contributed by atoms with Crippen LogP contribution in [0.2, 0.25) is 0 Å². The Morgan fingerprint density at radius 2 is 2.43 bits per heavy atom. The Bertz CT molecular complexity index is 231. The van der Waals surface area contributed by atoms with Crippen LogP contribution in [0.1, 0.15) is 26.7 Å². The van der Waals surface area contributed by atoms with Gasteiger partial charge >= 0.3 is 0 Å². The van der Waals surface area contributed by atoms with Gasteiger partial charge in [-0.2, -0.15) is 11.8 Å². The molecule has 2 atom stereocenters. The molecule has 14 heavy (non-hydrogen) atoms. The van der Waals surface area contributed by atoms with Crippen molar-refractivity contribution in [3.05, 3.63) is 0 Å². The van der Waals surface area contributed by atoms with Gasteiger partial charge < -0.3 is 5.73 Å². The molecule has 0 bridgehead atoms. The first kappa shape index (κ1) is 11.9. The predicted octanol–water partition coefficient (Wildman–Crippen LogP) is 1.21. The number of nitrogens with one attached hydrogen (secondary N) is 1. The monoisotopic (exact) mass is 212 g/mol. The van der Waals surface area contributed by atoms with Crippen molar-refractivity contribution in [2.24, 2.45) is 5.73 Å². The lowest BCUT2D eigenvalue weighted by atomic mass is 9.89. The van der Waals surface area contributed by atoms with Crippen molar-refractivity contribution in [2.45, 2.75) is 37.5 Å². The smallest absolute Gasteiger partial charge is 0.0581 e. The van der Waals surface area contributed by atoms with Gasteiger partial charge in [-0.1, -0.05) is 12.8 Å². The Balaban J connectivity index is 2.56. The Hall–Kier alpha value is -0.170. The Labute approximate surface area is 91.4 Å². The summed E-state index contributed by atoms with van der Waals surface area (Å²) in [5.41, 5.74) is 6.00. The SMILES string of the molecule is CC#CCNC1(CN)CCCSC1C. The summed E-state index contributed by atoms with van der Waals surface area (Å²) in [4.78, 5) is 0. The number of thioether (sulfide) groups is 1. The topological polar surface area (TPSA) is 38.0 Å². The quantitative estimate of drug-likeness (QED) is 0.691. The second-order valence-corrected chi connectivity index (χ2v) is 5.21. The summed E-state index contributed by atoms with van der Waals surface area (Å²) in [5.74, 6) is 7.22. The largest absolute Gasteiger partial charge is 0.329 e. The molecule has 0 spiro atoms.